The molecule has 0 aliphatic rings. The number of rotatable bonds is 8. The third kappa shape index (κ3) is 6.13. The molecule has 0 saturated heterocycles. The standard InChI is InChI=1S/C26H21ClN2O2S/c27-23-11-13-24(14-12-23)32-18-26(30)29-28-16-22-7-3-4-8-25(22)31-17-19-9-10-20-5-1-2-6-21(20)15-19/h1-16H,17-18H2,(H,29,30)/b28-16-. The molecule has 0 fully saturated rings. The van der Waals surface area contributed by atoms with Gasteiger partial charge in [-0.05, 0) is 58.8 Å². The number of fused-ring (bicyclic) bond motifs is 1. The van der Waals surface area contributed by atoms with Gasteiger partial charge < -0.3 is 4.74 Å². The van der Waals surface area contributed by atoms with Crippen molar-refractivity contribution in [2.45, 2.75) is 11.5 Å². The summed E-state index contributed by atoms with van der Waals surface area (Å²) < 4.78 is 6.03. The van der Waals surface area contributed by atoms with Crippen LogP contribution in [0.5, 0.6) is 5.75 Å². The first kappa shape index (κ1) is 21.9. The maximum absolute atomic E-state index is 12.1. The fraction of sp³-hybridized carbons (Fsp3) is 0.0769. The van der Waals surface area contributed by atoms with Crippen LogP contribution in [0, 0.1) is 0 Å². The molecule has 0 heterocycles. The van der Waals surface area contributed by atoms with Gasteiger partial charge in [-0.2, -0.15) is 5.10 Å². The molecule has 0 unspecified atom stereocenters. The van der Waals surface area contributed by atoms with E-state index in [1.165, 1.54) is 22.5 Å². The van der Waals surface area contributed by atoms with Crippen molar-refractivity contribution in [2.75, 3.05) is 5.75 Å². The molecule has 0 bridgehead atoms. The number of thioether (sulfide) groups is 1. The molecule has 6 heteroatoms. The summed E-state index contributed by atoms with van der Waals surface area (Å²) in [6, 6.07) is 29.5. The maximum atomic E-state index is 12.1. The van der Waals surface area contributed by atoms with Gasteiger partial charge in [0.15, 0.2) is 0 Å². The van der Waals surface area contributed by atoms with Crippen LogP contribution in [-0.2, 0) is 11.4 Å². The molecule has 4 nitrogen and oxygen atoms in total. The Morgan fingerprint density at radius 2 is 1.69 bits per heavy atom. The first-order valence-corrected chi connectivity index (χ1v) is 11.4. The largest absolute Gasteiger partial charge is 0.488 e. The van der Waals surface area contributed by atoms with E-state index >= 15 is 0 Å². The van der Waals surface area contributed by atoms with Crippen molar-refractivity contribution in [1.29, 1.82) is 0 Å². The van der Waals surface area contributed by atoms with Crippen LogP contribution in [0.2, 0.25) is 5.02 Å². The van der Waals surface area contributed by atoms with Crippen LogP contribution in [0.1, 0.15) is 11.1 Å². The molecule has 0 spiro atoms. The zero-order chi connectivity index (χ0) is 22.2. The third-order valence-corrected chi connectivity index (χ3v) is 5.97. The normalized spacial score (nSPS) is 11.0. The van der Waals surface area contributed by atoms with Crippen molar-refractivity contribution in [2.24, 2.45) is 5.10 Å². The molecule has 160 valence electrons. The second kappa shape index (κ2) is 10.8. The second-order valence-electron chi connectivity index (χ2n) is 7.04. The van der Waals surface area contributed by atoms with Crippen LogP contribution in [0.15, 0.2) is 101 Å². The maximum Gasteiger partial charge on any atom is 0.250 e. The number of hydrogen-bond donors (Lipinski definition) is 1. The number of amides is 1. The van der Waals surface area contributed by atoms with Crippen LogP contribution in [0.25, 0.3) is 10.8 Å². The Morgan fingerprint density at radius 1 is 0.938 bits per heavy atom. The first-order valence-electron chi connectivity index (χ1n) is 10.1. The molecule has 0 aromatic heterocycles. The van der Waals surface area contributed by atoms with Crippen molar-refractivity contribution in [3.8, 4) is 5.75 Å². The van der Waals surface area contributed by atoms with Gasteiger partial charge >= 0.3 is 0 Å². The van der Waals surface area contributed by atoms with E-state index in [1.54, 1.807) is 18.3 Å². The van der Waals surface area contributed by atoms with Gasteiger partial charge in [0.25, 0.3) is 0 Å². The van der Waals surface area contributed by atoms with Crippen LogP contribution in [0.3, 0.4) is 0 Å². The van der Waals surface area contributed by atoms with Crippen molar-refractivity contribution in [1.82, 2.24) is 5.43 Å². The topological polar surface area (TPSA) is 50.7 Å². The van der Waals surface area contributed by atoms with Gasteiger partial charge in [-0.15, -0.1) is 11.8 Å². The van der Waals surface area contributed by atoms with Gasteiger partial charge in [0.1, 0.15) is 12.4 Å². The Hall–Kier alpha value is -3.28. The molecule has 32 heavy (non-hydrogen) atoms. The Kier molecular flexibility index (Phi) is 7.43. The number of para-hydroxylation sites is 1. The van der Waals surface area contributed by atoms with E-state index in [0.29, 0.717) is 17.4 Å². The Labute approximate surface area is 196 Å². The van der Waals surface area contributed by atoms with E-state index in [-0.39, 0.29) is 11.7 Å². The molecule has 0 atom stereocenters. The Balaban J connectivity index is 1.32. The number of carbonyl (C=O) groups is 1. The lowest BCUT2D eigenvalue weighted by Crippen LogP contribution is -2.19. The van der Waals surface area contributed by atoms with Gasteiger partial charge in [0, 0.05) is 15.5 Å². The summed E-state index contributed by atoms with van der Waals surface area (Å²) >= 11 is 7.30. The van der Waals surface area contributed by atoms with Crippen molar-refractivity contribution >= 4 is 46.3 Å². The molecule has 1 N–H and O–H groups in total. The monoisotopic (exact) mass is 460 g/mol. The summed E-state index contributed by atoms with van der Waals surface area (Å²) in [6.07, 6.45) is 1.60. The minimum Gasteiger partial charge on any atom is -0.488 e. The first-order chi connectivity index (χ1) is 15.7. The van der Waals surface area contributed by atoms with Gasteiger partial charge in [0.2, 0.25) is 5.91 Å². The number of hydrogen-bond acceptors (Lipinski definition) is 4. The molecular weight excluding hydrogens is 440 g/mol. The van der Waals surface area contributed by atoms with Crippen LogP contribution in [-0.4, -0.2) is 17.9 Å². The summed E-state index contributed by atoms with van der Waals surface area (Å²) in [6.45, 7) is 0.444. The minimum absolute atomic E-state index is 0.184. The zero-order valence-electron chi connectivity index (χ0n) is 17.2. The number of benzene rings is 4. The van der Waals surface area contributed by atoms with Gasteiger partial charge in [0.05, 0.1) is 12.0 Å². The number of nitrogens with zero attached hydrogens (tertiary/aromatic N) is 1. The summed E-state index contributed by atoms with van der Waals surface area (Å²) in [5.74, 6) is 0.781. The molecule has 4 aromatic rings. The zero-order valence-corrected chi connectivity index (χ0v) is 18.8. The second-order valence-corrected chi connectivity index (χ2v) is 8.53. The highest BCUT2D eigenvalue weighted by molar-refractivity contribution is 8.00. The van der Waals surface area contributed by atoms with Crippen LogP contribution in [0.4, 0.5) is 0 Å². The number of ether oxygens (including phenoxy) is 1. The number of halogens is 1. The lowest BCUT2D eigenvalue weighted by Gasteiger charge is -2.10. The lowest BCUT2D eigenvalue weighted by molar-refractivity contribution is -0.118. The Bertz CT molecular complexity index is 1240. The molecule has 1 amide bonds. The molecular formula is C26H21ClN2O2S. The molecule has 0 radical (unpaired) electrons. The van der Waals surface area contributed by atoms with E-state index in [1.807, 2.05) is 48.5 Å². The summed E-state index contributed by atoms with van der Waals surface area (Å²) in [7, 11) is 0. The van der Waals surface area contributed by atoms with Crippen molar-refractivity contribution in [3.05, 3.63) is 107 Å². The predicted octanol–water partition coefficient (Wildman–Crippen LogP) is 6.31. The van der Waals surface area contributed by atoms with E-state index < -0.39 is 0 Å². The van der Waals surface area contributed by atoms with E-state index in [4.69, 9.17) is 16.3 Å². The van der Waals surface area contributed by atoms with Gasteiger partial charge in [-0.25, -0.2) is 5.43 Å². The average molecular weight is 461 g/mol. The van der Waals surface area contributed by atoms with E-state index in [9.17, 15) is 4.79 Å². The average Bonchev–Trinajstić information content (AvgIpc) is 2.83. The minimum atomic E-state index is -0.184. The fourth-order valence-electron chi connectivity index (χ4n) is 3.09. The van der Waals surface area contributed by atoms with Crippen molar-refractivity contribution < 1.29 is 9.53 Å². The van der Waals surface area contributed by atoms with E-state index in [2.05, 4.69) is 40.9 Å². The van der Waals surface area contributed by atoms with E-state index in [0.717, 1.165) is 16.0 Å². The third-order valence-electron chi connectivity index (χ3n) is 4.70. The molecule has 4 aromatic carbocycles. The highest BCUT2D eigenvalue weighted by Gasteiger charge is 2.04. The highest BCUT2D eigenvalue weighted by atomic mass is 35.5. The number of carbonyl (C=O) groups excluding carboxylic acids is 1. The Morgan fingerprint density at radius 3 is 2.53 bits per heavy atom. The SMILES string of the molecule is O=C(CSc1ccc(Cl)cc1)N/N=C\c1ccccc1OCc1ccc2ccccc2c1. The summed E-state index contributed by atoms with van der Waals surface area (Å²) in [4.78, 5) is 13.0. The van der Waals surface area contributed by atoms with Gasteiger partial charge in [-0.3, -0.25) is 4.79 Å². The molecule has 4 rings (SSSR count). The summed E-state index contributed by atoms with van der Waals surface area (Å²) in [5.41, 5.74) is 4.44. The van der Waals surface area contributed by atoms with Gasteiger partial charge in [-0.1, -0.05) is 60.1 Å². The lowest BCUT2D eigenvalue weighted by atomic mass is 10.1. The molecule has 0 aliphatic heterocycles. The number of hydrazone groups is 1. The predicted molar refractivity (Wildman–Crippen MR) is 133 cm³/mol. The van der Waals surface area contributed by atoms with Crippen LogP contribution < -0.4 is 10.2 Å². The smallest absolute Gasteiger partial charge is 0.250 e. The highest BCUT2D eigenvalue weighted by Crippen LogP contribution is 2.21. The molecule has 0 aliphatic carbocycles. The van der Waals surface area contributed by atoms with Crippen LogP contribution >= 0.6 is 23.4 Å². The summed E-state index contributed by atoms with van der Waals surface area (Å²) in [5, 5.41) is 7.14. The number of nitrogens with one attached hydrogen (secondary N) is 1. The fourth-order valence-corrected chi connectivity index (χ4v) is 3.91. The van der Waals surface area contributed by atoms with Crippen molar-refractivity contribution in [3.63, 3.8) is 0 Å². The quantitative estimate of drug-likeness (QED) is 0.190. The molecule has 0 saturated carbocycles.